The van der Waals surface area contributed by atoms with Crippen LogP contribution in [0.25, 0.3) is 0 Å². The van der Waals surface area contributed by atoms with Gasteiger partial charge < -0.3 is 4.74 Å². The fraction of sp³-hybridized carbons (Fsp3) is 0.682. The molecule has 0 aromatic carbocycles. The number of fused-ring (bicyclic) bond motifs is 1. The van der Waals surface area contributed by atoms with Crippen LogP contribution in [0.5, 0.6) is 0 Å². The highest BCUT2D eigenvalue weighted by atomic mass is 16.5. The molecule has 2 aliphatic rings. The Hall–Kier alpha value is -1.31. The number of esters is 1. The van der Waals surface area contributed by atoms with E-state index < -0.39 is 0 Å². The maximum absolute atomic E-state index is 11.7. The lowest BCUT2D eigenvalue weighted by Gasteiger charge is -2.37. The number of ether oxygens (including phenoxy) is 1. The van der Waals surface area contributed by atoms with Gasteiger partial charge in [0, 0.05) is 12.3 Å². The predicted octanol–water partition coefficient (Wildman–Crippen LogP) is 5.99. The van der Waals surface area contributed by atoms with Crippen molar-refractivity contribution in [2.75, 3.05) is 0 Å². The van der Waals surface area contributed by atoms with E-state index in [0.717, 1.165) is 38.5 Å². The first-order valence-corrected chi connectivity index (χ1v) is 9.38. The lowest BCUT2D eigenvalue weighted by molar-refractivity contribution is -0.152. The average Bonchev–Trinajstić information content (AvgIpc) is 2.74. The second-order valence-corrected chi connectivity index (χ2v) is 8.28. The SMILES string of the molecule is C=C(C)[C@H]1CC(OC(C)=O)[C@]2(C)C/C=C(\C)CC/C=C(\C)CC[C@@H]12. The predicted molar refractivity (Wildman–Crippen MR) is 101 cm³/mol. The Balaban J connectivity index is 2.40. The summed E-state index contributed by atoms with van der Waals surface area (Å²) in [6, 6.07) is 0. The first-order valence-electron chi connectivity index (χ1n) is 9.38. The first kappa shape index (κ1) is 19.0. The van der Waals surface area contributed by atoms with E-state index in [1.54, 1.807) is 0 Å². The van der Waals surface area contributed by atoms with Crippen LogP contribution in [0, 0.1) is 17.3 Å². The number of rotatable bonds is 2. The maximum Gasteiger partial charge on any atom is 0.302 e. The first-order chi connectivity index (χ1) is 11.2. The summed E-state index contributed by atoms with van der Waals surface area (Å²) >= 11 is 0. The highest BCUT2D eigenvalue weighted by Gasteiger charge is 2.52. The van der Waals surface area contributed by atoms with E-state index >= 15 is 0 Å². The van der Waals surface area contributed by atoms with Gasteiger partial charge >= 0.3 is 5.97 Å². The van der Waals surface area contributed by atoms with Crippen LogP contribution in [0.4, 0.5) is 0 Å². The number of hydrogen-bond donors (Lipinski definition) is 0. The van der Waals surface area contributed by atoms with E-state index in [1.165, 1.54) is 23.6 Å². The highest BCUT2D eigenvalue weighted by molar-refractivity contribution is 5.66. The summed E-state index contributed by atoms with van der Waals surface area (Å²) in [4.78, 5) is 11.7. The molecule has 1 saturated carbocycles. The summed E-state index contributed by atoms with van der Waals surface area (Å²) in [7, 11) is 0. The molecule has 4 atom stereocenters. The third-order valence-electron chi connectivity index (χ3n) is 6.25. The van der Waals surface area contributed by atoms with Gasteiger partial charge in [-0.1, -0.05) is 42.4 Å². The summed E-state index contributed by atoms with van der Waals surface area (Å²) in [6.07, 6.45) is 11.2. The van der Waals surface area contributed by atoms with E-state index in [0.29, 0.717) is 11.8 Å². The molecule has 2 heteroatoms. The van der Waals surface area contributed by atoms with Gasteiger partial charge in [-0.2, -0.15) is 0 Å². The lowest BCUT2D eigenvalue weighted by Crippen LogP contribution is -2.36. The summed E-state index contributed by atoms with van der Waals surface area (Å²) in [5.74, 6) is 0.805. The van der Waals surface area contributed by atoms with E-state index in [2.05, 4.69) is 46.4 Å². The molecule has 2 nitrogen and oxygen atoms in total. The molecule has 0 N–H and O–H groups in total. The maximum atomic E-state index is 11.7. The van der Waals surface area contributed by atoms with Crippen LogP contribution in [0.1, 0.15) is 73.1 Å². The Morgan fingerprint density at radius 3 is 2.50 bits per heavy atom. The Kier molecular flexibility index (Phi) is 6.11. The molecule has 0 spiro atoms. The highest BCUT2D eigenvalue weighted by Crippen LogP contribution is 2.55. The summed E-state index contributed by atoms with van der Waals surface area (Å²) < 4.78 is 5.80. The van der Waals surface area contributed by atoms with Gasteiger partial charge in [-0.05, 0) is 71.1 Å². The van der Waals surface area contributed by atoms with E-state index in [4.69, 9.17) is 4.74 Å². The normalized spacial score (nSPS) is 38.8. The fourth-order valence-electron chi connectivity index (χ4n) is 4.63. The zero-order valence-corrected chi connectivity index (χ0v) is 16.2. The van der Waals surface area contributed by atoms with Crippen LogP contribution in [-0.2, 0) is 9.53 Å². The van der Waals surface area contributed by atoms with Crippen LogP contribution in [0.2, 0.25) is 0 Å². The van der Waals surface area contributed by atoms with Gasteiger partial charge in [0.25, 0.3) is 0 Å². The zero-order chi connectivity index (χ0) is 17.9. The Labute approximate surface area is 148 Å². The van der Waals surface area contributed by atoms with Crippen LogP contribution in [-0.4, -0.2) is 12.1 Å². The Morgan fingerprint density at radius 1 is 1.21 bits per heavy atom. The molecular weight excluding hydrogens is 296 g/mol. The van der Waals surface area contributed by atoms with Gasteiger partial charge in [0.2, 0.25) is 0 Å². The molecule has 0 aromatic heterocycles. The van der Waals surface area contributed by atoms with Crippen molar-refractivity contribution in [2.45, 2.75) is 79.2 Å². The average molecular weight is 331 g/mol. The van der Waals surface area contributed by atoms with Crippen molar-refractivity contribution in [3.05, 3.63) is 35.5 Å². The van der Waals surface area contributed by atoms with Gasteiger partial charge in [0.05, 0.1) is 0 Å². The second-order valence-electron chi connectivity index (χ2n) is 8.28. The molecule has 24 heavy (non-hydrogen) atoms. The van der Waals surface area contributed by atoms with E-state index in [1.807, 2.05) is 0 Å². The van der Waals surface area contributed by atoms with Crippen LogP contribution in [0.15, 0.2) is 35.5 Å². The van der Waals surface area contributed by atoms with Crippen molar-refractivity contribution >= 4 is 5.97 Å². The minimum atomic E-state index is -0.159. The van der Waals surface area contributed by atoms with Gasteiger partial charge in [0.15, 0.2) is 0 Å². The second kappa shape index (κ2) is 7.72. The number of carbonyl (C=O) groups is 1. The summed E-state index contributed by atoms with van der Waals surface area (Å²) in [5, 5.41) is 0. The molecule has 0 aliphatic heterocycles. The molecule has 2 rings (SSSR count). The monoisotopic (exact) mass is 330 g/mol. The molecule has 0 radical (unpaired) electrons. The Morgan fingerprint density at radius 2 is 1.88 bits per heavy atom. The van der Waals surface area contributed by atoms with Gasteiger partial charge in [-0.3, -0.25) is 4.79 Å². The molecule has 2 aliphatic carbocycles. The summed E-state index contributed by atoms with van der Waals surface area (Å²) in [5.41, 5.74) is 4.17. The van der Waals surface area contributed by atoms with Crippen molar-refractivity contribution in [1.82, 2.24) is 0 Å². The molecule has 1 unspecified atom stereocenters. The molecule has 0 saturated heterocycles. The van der Waals surface area contributed by atoms with Crippen molar-refractivity contribution < 1.29 is 9.53 Å². The van der Waals surface area contributed by atoms with Crippen LogP contribution < -0.4 is 0 Å². The lowest BCUT2D eigenvalue weighted by atomic mass is 9.70. The van der Waals surface area contributed by atoms with Crippen LogP contribution >= 0.6 is 0 Å². The van der Waals surface area contributed by atoms with Crippen molar-refractivity contribution in [1.29, 1.82) is 0 Å². The van der Waals surface area contributed by atoms with Crippen molar-refractivity contribution in [3.63, 3.8) is 0 Å². The molecule has 1 fully saturated rings. The number of hydrogen-bond acceptors (Lipinski definition) is 2. The topological polar surface area (TPSA) is 26.3 Å². The van der Waals surface area contributed by atoms with Crippen LogP contribution in [0.3, 0.4) is 0 Å². The molecular formula is C22H34O2. The zero-order valence-electron chi connectivity index (χ0n) is 16.2. The summed E-state index contributed by atoms with van der Waals surface area (Å²) in [6.45, 7) is 14.7. The minimum Gasteiger partial charge on any atom is -0.462 e. The largest absolute Gasteiger partial charge is 0.462 e. The standard InChI is InChI=1S/C22H34O2/c1-15(2)19-14-21(24-18(5)23)22(6)13-12-17(4)9-7-8-16(3)10-11-20(19)22/h8,12,19-21H,1,7,9-11,13-14H2,2-6H3/b16-8+,17-12+/t19-,20+,21?,22-/m1/s1. The molecule has 0 amide bonds. The smallest absolute Gasteiger partial charge is 0.302 e. The van der Waals surface area contributed by atoms with E-state index in [-0.39, 0.29) is 17.5 Å². The third kappa shape index (κ3) is 4.20. The quantitative estimate of drug-likeness (QED) is 0.459. The molecule has 0 bridgehead atoms. The van der Waals surface area contributed by atoms with E-state index in [9.17, 15) is 4.79 Å². The van der Waals surface area contributed by atoms with Gasteiger partial charge in [-0.15, -0.1) is 0 Å². The van der Waals surface area contributed by atoms with Crippen molar-refractivity contribution in [2.24, 2.45) is 17.3 Å². The third-order valence-corrected chi connectivity index (χ3v) is 6.25. The fourth-order valence-corrected chi connectivity index (χ4v) is 4.63. The number of carbonyl (C=O) groups excluding carboxylic acids is 1. The number of allylic oxidation sites excluding steroid dienone is 5. The van der Waals surface area contributed by atoms with Gasteiger partial charge in [-0.25, -0.2) is 0 Å². The van der Waals surface area contributed by atoms with Gasteiger partial charge in [0.1, 0.15) is 6.10 Å². The molecule has 134 valence electrons. The molecule has 0 heterocycles. The van der Waals surface area contributed by atoms with Crippen molar-refractivity contribution in [3.8, 4) is 0 Å². The molecule has 0 aromatic rings. The minimum absolute atomic E-state index is 0.00116. The Bertz CT molecular complexity index is 554.